The standard InChI is InChI=1S/C14H18N4O4/c1-17(10-13(19)18-4-7-20-8-5-18)9-12-15-14(16-22-12)11-3-2-6-21-11/h2-3,6H,4-5,7-10H2,1H3. The van der Waals surface area contributed by atoms with Gasteiger partial charge in [-0.25, -0.2) is 0 Å². The zero-order valence-electron chi connectivity index (χ0n) is 12.4. The fourth-order valence-electron chi connectivity index (χ4n) is 2.26. The summed E-state index contributed by atoms with van der Waals surface area (Å²) in [5.74, 6) is 1.50. The maximum Gasteiger partial charge on any atom is 0.241 e. The van der Waals surface area contributed by atoms with Gasteiger partial charge in [-0.3, -0.25) is 9.69 Å². The van der Waals surface area contributed by atoms with Gasteiger partial charge in [-0.1, -0.05) is 5.16 Å². The number of aromatic nitrogens is 2. The van der Waals surface area contributed by atoms with E-state index in [1.54, 1.807) is 18.4 Å². The van der Waals surface area contributed by atoms with Crippen LogP contribution < -0.4 is 0 Å². The van der Waals surface area contributed by atoms with E-state index in [4.69, 9.17) is 13.7 Å². The lowest BCUT2D eigenvalue weighted by molar-refractivity contribution is -0.136. The van der Waals surface area contributed by atoms with Crippen molar-refractivity contribution in [2.24, 2.45) is 0 Å². The van der Waals surface area contributed by atoms with E-state index in [2.05, 4.69) is 10.1 Å². The van der Waals surface area contributed by atoms with Crippen LogP contribution in [0.2, 0.25) is 0 Å². The van der Waals surface area contributed by atoms with Crippen LogP contribution in [0, 0.1) is 0 Å². The number of carbonyl (C=O) groups is 1. The molecular formula is C14H18N4O4. The van der Waals surface area contributed by atoms with Crippen LogP contribution in [0.4, 0.5) is 0 Å². The number of morpholine rings is 1. The fourth-order valence-corrected chi connectivity index (χ4v) is 2.26. The van der Waals surface area contributed by atoms with Crippen LogP contribution in [-0.4, -0.2) is 65.7 Å². The number of ether oxygens (including phenoxy) is 1. The average Bonchev–Trinajstić information content (AvgIpc) is 3.19. The summed E-state index contributed by atoms with van der Waals surface area (Å²) < 4.78 is 15.6. The first-order valence-electron chi connectivity index (χ1n) is 7.13. The third kappa shape index (κ3) is 3.52. The summed E-state index contributed by atoms with van der Waals surface area (Å²) in [4.78, 5) is 20.0. The second kappa shape index (κ2) is 6.71. The van der Waals surface area contributed by atoms with Gasteiger partial charge in [0.2, 0.25) is 17.6 Å². The van der Waals surface area contributed by atoms with E-state index in [0.29, 0.717) is 56.9 Å². The van der Waals surface area contributed by atoms with E-state index in [9.17, 15) is 4.79 Å². The minimum absolute atomic E-state index is 0.0802. The Hall–Kier alpha value is -2.19. The molecule has 0 N–H and O–H groups in total. The second-order valence-electron chi connectivity index (χ2n) is 5.15. The molecule has 0 saturated carbocycles. The van der Waals surface area contributed by atoms with Crippen molar-refractivity contribution in [2.75, 3.05) is 39.9 Å². The van der Waals surface area contributed by atoms with Crippen LogP contribution in [0.15, 0.2) is 27.3 Å². The van der Waals surface area contributed by atoms with Crippen LogP contribution in [-0.2, 0) is 16.1 Å². The van der Waals surface area contributed by atoms with Crippen molar-refractivity contribution in [3.63, 3.8) is 0 Å². The molecule has 118 valence electrons. The van der Waals surface area contributed by atoms with Gasteiger partial charge in [0.05, 0.1) is 32.6 Å². The molecule has 1 amide bonds. The third-order valence-electron chi connectivity index (χ3n) is 3.38. The van der Waals surface area contributed by atoms with Gasteiger partial charge in [0.25, 0.3) is 0 Å². The molecule has 1 aliphatic rings. The Labute approximate surface area is 127 Å². The van der Waals surface area contributed by atoms with Crippen molar-refractivity contribution >= 4 is 5.91 Å². The number of hydrogen-bond acceptors (Lipinski definition) is 7. The highest BCUT2D eigenvalue weighted by molar-refractivity contribution is 5.78. The van der Waals surface area contributed by atoms with Crippen LogP contribution in [0.25, 0.3) is 11.6 Å². The number of rotatable bonds is 5. The summed E-state index contributed by atoms with van der Waals surface area (Å²) in [5, 5.41) is 3.86. The predicted octanol–water partition coefficient (Wildman–Crippen LogP) is 0.620. The second-order valence-corrected chi connectivity index (χ2v) is 5.15. The molecule has 2 aromatic rings. The molecular weight excluding hydrogens is 288 g/mol. The van der Waals surface area contributed by atoms with Crippen molar-refractivity contribution in [3.8, 4) is 11.6 Å². The molecule has 2 aromatic heterocycles. The van der Waals surface area contributed by atoms with E-state index in [1.807, 2.05) is 16.8 Å². The monoisotopic (exact) mass is 306 g/mol. The molecule has 8 nitrogen and oxygen atoms in total. The largest absolute Gasteiger partial charge is 0.461 e. The smallest absolute Gasteiger partial charge is 0.241 e. The molecule has 3 heterocycles. The number of carbonyl (C=O) groups excluding carboxylic acids is 1. The molecule has 0 spiro atoms. The first kappa shape index (κ1) is 14.7. The van der Waals surface area contributed by atoms with Crippen molar-refractivity contribution < 1.29 is 18.5 Å². The number of nitrogens with zero attached hydrogens (tertiary/aromatic N) is 4. The molecule has 0 bridgehead atoms. The van der Waals surface area contributed by atoms with Crippen molar-refractivity contribution in [3.05, 3.63) is 24.3 Å². The lowest BCUT2D eigenvalue weighted by Gasteiger charge is -2.28. The number of likely N-dealkylation sites (N-methyl/N-ethyl adjacent to an activating group) is 1. The summed E-state index contributed by atoms with van der Waals surface area (Å²) >= 11 is 0. The van der Waals surface area contributed by atoms with Crippen LogP contribution in [0.5, 0.6) is 0 Å². The molecule has 1 fully saturated rings. The van der Waals surface area contributed by atoms with Crippen LogP contribution in [0.3, 0.4) is 0 Å². The van der Waals surface area contributed by atoms with Gasteiger partial charge in [-0.05, 0) is 19.2 Å². The topological polar surface area (TPSA) is 84.8 Å². The van der Waals surface area contributed by atoms with Gasteiger partial charge < -0.3 is 18.6 Å². The molecule has 0 aliphatic carbocycles. The first-order chi connectivity index (χ1) is 10.7. The van der Waals surface area contributed by atoms with Gasteiger partial charge in [-0.2, -0.15) is 4.98 Å². The Bertz CT molecular complexity index is 604. The highest BCUT2D eigenvalue weighted by Crippen LogP contribution is 2.16. The molecule has 3 rings (SSSR count). The van der Waals surface area contributed by atoms with Gasteiger partial charge in [-0.15, -0.1) is 0 Å². The van der Waals surface area contributed by atoms with E-state index >= 15 is 0 Å². The van der Waals surface area contributed by atoms with Crippen molar-refractivity contribution in [1.82, 2.24) is 19.9 Å². The molecule has 0 aromatic carbocycles. The minimum atomic E-state index is 0.0802. The number of furan rings is 1. The Morgan fingerprint density at radius 1 is 1.41 bits per heavy atom. The molecule has 22 heavy (non-hydrogen) atoms. The molecule has 0 radical (unpaired) electrons. The maximum atomic E-state index is 12.1. The van der Waals surface area contributed by atoms with Crippen molar-refractivity contribution in [2.45, 2.75) is 6.54 Å². The zero-order chi connectivity index (χ0) is 15.4. The van der Waals surface area contributed by atoms with Crippen molar-refractivity contribution in [1.29, 1.82) is 0 Å². The summed E-state index contributed by atoms with van der Waals surface area (Å²) in [5.41, 5.74) is 0. The van der Waals surface area contributed by atoms with Gasteiger partial charge in [0.15, 0.2) is 5.76 Å². The molecule has 0 unspecified atom stereocenters. The SMILES string of the molecule is CN(CC(=O)N1CCOCC1)Cc1nc(-c2ccco2)no1. The minimum Gasteiger partial charge on any atom is -0.461 e. The Kier molecular flexibility index (Phi) is 4.50. The summed E-state index contributed by atoms with van der Waals surface area (Å²) in [6, 6.07) is 3.53. The highest BCUT2D eigenvalue weighted by Gasteiger charge is 2.19. The number of amides is 1. The summed E-state index contributed by atoms with van der Waals surface area (Å²) in [7, 11) is 1.84. The normalized spacial score (nSPS) is 15.5. The highest BCUT2D eigenvalue weighted by atomic mass is 16.5. The maximum absolute atomic E-state index is 12.1. The molecule has 0 atom stereocenters. The lowest BCUT2D eigenvalue weighted by atomic mass is 10.3. The summed E-state index contributed by atoms with van der Waals surface area (Å²) in [6.45, 7) is 3.21. The lowest BCUT2D eigenvalue weighted by Crippen LogP contribution is -2.44. The third-order valence-corrected chi connectivity index (χ3v) is 3.38. The van der Waals surface area contributed by atoms with E-state index in [1.165, 1.54) is 0 Å². The van der Waals surface area contributed by atoms with E-state index in [-0.39, 0.29) is 5.91 Å². The zero-order valence-corrected chi connectivity index (χ0v) is 12.4. The Morgan fingerprint density at radius 2 is 2.23 bits per heavy atom. The molecule has 8 heteroatoms. The molecule has 1 aliphatic heterocycles. The quantitative estimate of drug-likeness (QED) is 0.800. The average molecular weight is 306 g/mol. The summed E-state index contributed by atoms with van der Waals surface area (Å²) in [6.07, 6.45) is 1.55. The predicted molar refractivity (Wildman–Crippen MR) is 75.7 cm³/mol. The van der Waals surface area contributed by atoms with Crippen LogP contribution >= 0.6 is 0 Å². The van der Waals surface area contributed by atoms with Gasteiger partial charge >= 0.3 is 0 Å². The van der Waals surface area contributed by atoms with E-state index < -0.39 is 0 Å². The Morgan fingerprint density at radius 3 is 2.95 bits per heavy atom. The Balaban J connectivity index is 1.53. The first-order valence-corrected chi connectivity index (χ1v) is 7.13. The number of hydrogen-bond donors (Lipinski definition) is 0. The van der Waals surface area contributed by atoms with Gasteiger partial charge in [0.1, 0.15) is 0 Å². The fraction of sp³-hybridized carbons (Fsp3) is 0.500. The van der Waals surface area contributed by atoms with Gasteiger partial charge in [0, 0.05) is 13.1 Å². The molecule has 1 saturated heterocycles. The van der Waals surface area contributed by atoms with Crippen LogP contribution in [0.1, 0.15) is 5.89 Å². The van der Waals surface area contributed by atoms with E-state index in [0.717, 1.165) is 0 Å².